The Labute approximate surface area is 111 Å². The lowest BCUT2D eigenvalue weighted by molar-refractivity contribution is 0.334. The molecule has 2 N–H and O–H groups in total. The van der Waals surface area contributed by atoms with E-state index in [9.17, 15) is 4.21 Å². The highest BCUT2D eigenvalue weighted by molar-refractivity contribution is 7.85. The number of methoxy groups -OCH3 is 1. The molecule has 2 rings (SSSR count). The van der Waals surface area contributed by atoms with Gasteiger partial charge in [-0.15, -0.1) is 0 Å². The van der Waals surface area contributed by atoms with Crippen molar-refractivity contribution in [2.45, 2.75) is 42.9 Å². The van der Waals surface area contributed by atoms with Crippen molar-refractivity contribution in [3.05, 3.63) is 24.3 Å². The molecule has 3 nitrogen and oxygen atoms in total. The Kier molecular flexibility index (Phi) is 3.78. The average Bonchev–Trinajstić information content (AvgIpc) is 2.64. The molecule has 0 amide bonds. The lowest BCUT2D eigenvalue weighted by atomic mass is 9.88. The lowest BCUT2D eigenvalue weighted by Crippen LogP contribution is -2.41. The van der Waals surface area contributed by atoms with Gasteiger partial charge < -0.3 is 10.5 Å². The third-order valence-electron chi connectivity index (χ3n) is 3.92. The molecular weight excluding hydrogens is 246 g/mol. The van der Waals surface area contributed by atoms with Gasteiger partial charge in [0.2, 0.25) is 0 Å². The maximum atomic E-state index is 12.6. The molecule has 3 atom stereocenters. The van der Waals surface area contributed by atoms with E-state index in [1.807, 2.05) is 24.3 Å². The molecule has 0 aromatic heterocycles. The second-order valence-corrected chi connectivity index (χ2v) is 7.24. The van der Waals surface area contributed by atoms with Crippen LogP contribution in [0.5, 0.6) is 5.75 Å². The molecule has 0 heterocycles. The molecule has 0 radical (unpaired) electrons. The summed E-state index contributed by atoms with van der Waals surface area (Å²) in [6.45, 7) is 4.31. The van der Waals surface area contributed by atoms with Crippen LogP contribution in [0.15, 0.2) is 29.2 Å². The Morgan fingerprint density at radius 2 is 2.17 bits per heavy atom. The zero-order valence-electron chi connectivity index (χ0n) is 11.2. The van der Waals surface area contributed by atoms with E-state index in [0.29, 0.717) is 0 Å². The van der Waals surface area contributed by atoms with E-state index in [-0.39, 0.29) is 16.7 Å². The monoisotopic (exact) mass is 267 g/mol. The van der Waals surface area contributed by atoms with Crippen LogP contribution in [0.4, 0.5) is 0 Å². The normalized spacial score (nSPS) is 28.0. The SMILES string of the molecule is COc1cccc(S(=O)C2CCC(C)(C)C2N)c1. The highest BCUT2D eigenvalue weighted by atomic mass is 32.2. The Bertz CT molecular complexity index is 459. The fourth-order valence-electron chi connectivity index (χ4n) is 2.51. The molecule has 1 fully saturated rings. The van der Waals surface area contributed by atoms with E-state index in [1.165, 1.54) is 0 Å². The molecule has 0 aliphatic heterocycles. The van der Waals surface area contributed by atoms with Crippen molar-refractivity contribution in [1.82, 2.24) is 0 Å². The first-order valence-corrected chi connectivity index (χ1v) is 7.47. The van der Waals surface area contributed by atoms with Crippen LogP contribution in [-0.2, 0) is 10.8 Å². The molecular formula is C14H21NO2S. The largest absolute Gasteiger partial charge is 0.497 e. The number of nitrogens with two attached hydrogens (primary N) is 1. The Morgan fingerprint density at radius 3 is 2.72 bits per heavy atom. The summed E-state index contributed by atoms with van der Waals surface area (Å²) < 4.78 is 17.8. The fourth-order valence-corrected chi connectivity index (χ4v) is 4.27. The topological polar surface area (TPSA) is 52.3 Å². The summed E-state index contributed by atoms with van der Waals surface area (Å²) in [7, 11) is 0.565. The number of benzene rings is 1. The second-order valence-electron chi connectivity index (χ2n) is 5.57. The third-order valence-corrected chi connectivity index (χ3v) is 5.72. The first-order valence-electron chi connectivity index (χ1n) is 6.26. The summed E-state index contributed by atoms with van der Waals surface area (Å²) in [6.07, 6.45) is 1.96. The van der Waals surface area contributed by atoms with Gasteiger partial charge in [0, 0.05) is 10.9 Å². The number of hydrogen-bond acceptors (Lipinski definition) is 3. The van der Waals surface area contributed by atoms with Gasteiger partial charge in [0.15, 0.2) is 0 Å². The molecule has 3 unspecified atom stereocenters. The predicted octanol–water partition coefficient (Wildman–Crippen LogP) is 2.32. The molecule has 1 aliphatic rings. The van der Waals surface area contributed by atoms with Crippen LogP contribution in [0.25, 0.3) is 0 Å². The Balaban J connectivity index is 2.22. The van der Waals surface area contributed by atoms with Gasteiger partial charge in [0.1, 0.15) is 5.75 Å². The van der Waals surface area contributed by atoms with E-state index >= 15 is 0 Å². The van der Waals surface area contributed by atoms with Crippen LogP contribution in [0.3, 0.4) is 0 Å². The zero-order valence-corrected chi connectivity index (χ0v) is 12.0. The van der Waals surface area contributed by atoms with Crippen LogP contribution >= 0.6 is 0 Å². The van der Waals surface area contributed by atoms with Crippen LogP contribution in [0.2, 0.25) is 0 Å². The van der Waals surface area contributed by atoms with Crippen molar-refractivity contribution in [1.29, 1.82) is 0 Å². The third kappa shape index (κ3) is 2.45. The van der Waals surface area contributed by atoms with E-state index < -0.39 is 10.8 Å². The highest BCUT2D eigenvalue weighted by Crippen LogP contribution is 2.40. The smallest absolute Gasteiger partial charge is 0.120 e. The van der Waals surface area contributed by atoms with Gasteiger partial charge in [0.05, 0.1) is 23.2 Å². The summed E-state index contributed by atoms with van der Waals surface area (Å²) in [6, 6.07) is 7.45. The van der Waals surface area contributed by atoms with E-state index in [2.05, 4.69) is 13.8 Å². The zero-order chi connectivity index (χ0) is 13.3. The number of rotatable bonds is 3. The van der Waals surface area contributed by atoms with Gasteiger partial charge in [-0.25, -0.2) is 0 Å². The summed E-state index contributed by atoms with van der Waals surface area (Å²) in [5.41, 5.74) is 6.32. The maximum absolute atomic E-state index is 12.6. The molecule has 0 spiro atoms. The van der Waals surface area contributed by atoms with Crippen molar-refractivity contribution < 1.29 is 8.95 Å². The van der Waals surface area contributed by atoms with E-state index in [1.54, 1.807) is 7.11 Å². The van der Waals surface area contributed by atoms with Gasteiger partial charge >= 0.3 is 0 Å². The molecule has 1 aromatic carbocycles. The molecule has 0 bridgehead atoms. The van der Waals surface area contributed by atoms with Crippen LogP contribution < -0.4 is 10.5 Å². The van der Waals surface area contributed by atoms with Crippen LogP contribution in [0, 0.1) is 5.41 Å². The Morgan fingerprint density at radius 1 is 1.44 bits per heavy atom. The molecule has 4 heteroatoms. The number of ether oxygens (including phenoxy) is 1. The van der Waals surface area contributed by atoms with Crippen molar-refractivity contribution in [2.75, 3.05) is 7.11 Å². The van der Waals surface area contributed by atoms with E-state index in [0.717, 1.165) is 23.5 Å². The molecule has 1 aliphatic carbocycles. The second kappa shape index (κ2) is 5.02. The molecule has 100 valence electrons. The van der Waals surface area contributed by atoms with Gasteiger partial charge in [-0.05, 0) is 36.5 Å². The van der Waals surface area contributed by atoms with Crippen molar-refractivity contribution in [2.24, 2.45) is 11.1 Å². The minimum absolute atomic E-state index is 0.00969. The van der Waals surface area contributed by atoms with Gasteiger partial charge in [-0.2, -0.15) is 0 Å². The van der Waals surface area contributed by atoms with Crippen LogP contribution in [0.1, 0.15) is 26.7 Å². The quantitative estimate of drug-likeness (QED) is 0.914. The summed E-state index contributed by atoms with van der Waals surface area (Å²) >= 11 is 0. The standard InChI is InChI=1S/C14H21NO2S/c1-14(2)8-7-12(13(14)15)18(16)11-6-4-5-10(9-11)17-3/h4-6,9,12-13H,7-8,15H2,1-3H3. The molecule has 18 heavy (non-hydrogen) atoms. The summed E-state index contributed by atoms with van der Waals surface area (Å²) in [4.78, 5) is 0.813. The predicted molar refractivity (Wildman–Crippen MR) is 74.2 cm³/mol. The van der Waals surface area contributed by atoms with Gasteiger partial charge in [-0.1, -0.05) is 19.9 Å². The fraction of sp³-hybridized carbons (Fsp3) is 0.571. The minimum Gasteiger partial charge on any atom is -0.497 e. The first kappa shape index (κ1) is 13.6. The van der Waals surface area contributed by atoms with Gasteiger partial charge in [-0.3, -0.25) is 4.21 Å². The van der Waals surface area contributed by atoms with Crippen molar-refractivity contribution in [3.8, 4) is 5.75 Å². The van der Waals surface area contributed by atoms with Crippen LogP contribution in [-0.4, -0.2) is 22.6 Å². The van der Waals surface area contributed by atoms with Crippen molar-refractivity contribution in [3.63, 3.8) is 0 Å². The average molecular weight is 267 g/mol. The molecule has 1 aromatic rings. The molecule has 0 saturated heterocycles. The van der Waals surface area contributed by atoms with Gasteiger partial charge in [0.25, 0.3) is 0 Å². The van der Waals surface area contributed by atoms with Crippen molar-refractivity contribution >= 4 is 10.8 Å². The Hall–Kier alpha value is -0.870. The molecule has 1 saturated carbocycles. The lowest BCUT2D eigenvalue weighted by Gasteiger charge is -2.26. The summed E-state index contributed by atoms with van der Waals surface area (Å²) in [5, 5.41) is 0.0482. The summed E-state index contributed by atoms with van der Waals surface area (Å²) in [5.74, 6) is 0.742. The first-order chi connectivity index (χ1) is 8.45. The van der Waals surface area contributed by atoms with E-state index in [4.69, 9.17) is 10.5 Å². The highest BCUT2D eigenvalue weighted by Gasteiger charge is 2.42. The maximum Gasteiger partial charge on any atom is 0.120 e. The minimum atomic E-state index is -1.05. The number of hydrogen-bond donors (Lipinski definition) is 1.